The Morgan fingerprint density at radius 3 is 1.55 bits per heavy atom. The lowest BCUT2D eigenvalue weighted by Crippen LogP contribution is -2.07. The highest BCUT2D eigenvalue weighted by Gasteiger charge is 2.21. The second-order valence-corrected chi connectivity index (χ2v) is 11.1. The number of ketones is 1. The first kappa shape index (κ1) is 31.8. The van der Waals surface area contributed by atoms with Crippen molar-refractivity contribution < 1.29 is 38.1 Å². The van der Waals surface area contributed by atoms with E-state index in [-0.39, 0.29) is 24.6 Å². The predicted molar refractivity (Wildman–Crippen MR) is 160 cm³/mol. The first-order valence-electron chi connectivity index (χ1n) is 11.7. The topological polar surface area (TPSA) is 97.4 Å². The highest BCUT2D eigenvalue weighted by atomic mass is 35.5. The molecule has 0 saturated heterocycles. The summed E-state index contributed by atoms with van der Waals surface area (Å²) in [6, 6.07) is 7.03. The van der Waals surface area contributed by atoms with Gasteiger partial charge >= 0.3 is 5.97 Å². The first-order chi connectivity index (χ1) is 19.1. The van der Waals surface area contributed by atoms with Gasteiger partial charge < -0.3 is 23.7 Å². The molecule has 0 radical (unpaired) electrons. The summed E-state index contributed by atoms with van der Waals surface area (Å²) in [7, 11) is 6.17. The standard InChI is InChI=1S/C16H17ClO5S.C11H8Cl2O3S/c1-4-22-14(19)6-5-10(18)16-15(17)9-7-11(20-2)12(21-3)8-13(9)23-16;1-15-6-3-5-8(4-7(6)16-2)17-10(9(5)12)11(13)14/h7-8H,4-6H2,1-3H3;3-4H,1-2H3. The summed E-state index contributed by atoms with van der Waals surface area (Å²) < 4.78 is 27.3. The van der Waals surface area contributed by atoms with Gasteiger partial charge in [0.05, 0.1) is 56.4 Å². The van der Waals surface area contributed by atoms with Gasteiger partial charge in [-0.1, -0.05) is 23.2 Å². The third-order valence-corrected chi connectivity index (χ3v) is 9.22. The lowest BCUT2D eigenvalue weighted by Gasteiger charge is -2.06. The normalized spacial score (nSPS) is 10.6. The van der Waals surface area contributed by atoms with Crippen LogP contribution in [0.5, 0.6) is 23.0 Å². The molecular formula is C27H25Cl3O8S2. The second kappa shape index (κ2) is 14.2. The molecule has 2 heterocycles. The van der Waals surface area contributed by atoms with Crippen molar-refractivity contribution in [3.63, 3.8) is 0 Å². The van der Waals surface area contributed by atoms with E-state index >= 15 is 0 Å². The monoisotopic (exact) mass is 646 g/mol. The summed E-state index contributed by atoms with van der Waals surface area (Å²) in [5.41, 5.74) is 0. The van der Waals surface area contributed by atoms with Crippen LogP contribution in [-0.4, -0.2) is 52.0 Å². The molecule has 0 aliphatic heterocycles. The number of halogens is 3. The van der Waals surface area contributed by atoms with E-state index in [0.29, 0.717) is 49.4 Å². The van der Waals surface area contributed by atoms with E-state index in [1.165, 1.54) is 36.9 Å². The van der Waals surface area contributed by atoms with Crippen LogP contribution in [0.4, 0.5) is 0 Å². The number of thiophene rings is 2. The molecule has 0 amide bonds. The highest BCUT2D eigenvalue weighted by Crippen LogP contribution is 2.43. The minimum atomic E-state index is -0.561. The molecule has 0 saturated carbocycles. The van der Waals surface area contributed by atoms with Crippen molar-refractivity contribution in [3.8, 4) is 23.0 Å². The minimum absolute atomic E-state index is 0.0455. The van der Waals surface area contributed by atoms with Gasteiger partial charge in [-0.25, -0.2) is 0 Å². The number of methoxy groups -OCH3 is 4. The minimum Gasteiger partial charge on any atom is -0.493 e. The second-order valence-electron chi connectivity index (χ2n) is 7.90. The summed E-state index contributed by atoms with van der Waals surface area (Å²) in [4.78, 5) is 35.6. The molecule has 13 heteroatoms. The number of Topliss-reactive ketones (excluding diaryl/α,β-unsaturated/α-hetero) is 1. The van der Waals surface area contributed by atoms with Crippen LogP contribution in [-0.2, 0) is 9.53 Å². The van der Waals surface area contributed by atoms with Gasteiger partial charge in [0, 0.05) is 38.7 Å². The highest BCUT2D eigenvalue weighted by molar-refractivity contribution is 7.23. The average molecular weight is 648 g/mol. The van der Waals surface area contributed by atoms with Crippen molar-refractivity contribution >= 4 is 94.6 Å². The maximum atomic E-state index is 12.3. The van der Waals surface area contributed by atoms with E-state index in [1.807, 2.05) is 0 Å². The van der Waals surface area contributed by atoms with E-state index < -0.39 is 5.24 Å². The molecule has 2 aromatic heterocycles. The van der Waals surface area contributed by atoms with Crippen molar-refractivity contribution in [1.29, 1.82) is 0 Å². The number of hydrogen-bond donors (Lipinski definition) is 0. The summed E-state index contributed by atoms with van der Waals surface area (Å²) in [5.74, 6) is 1.71. The Balaban J connectivity index is 0.000000230. The average Bonchev–Trinajstić information content (AvgIpc) is 3.46. The molecule has 40 heavy (non-hydrogen) atoms. The molecule has 0 N–H and O–H groups in total. The molecule has 0 bridgehead atoms. The number of ether oxygens (including phenoxy) is 5. The fourth-order valence-electron chi connectivity index (χ4n) is 3.65. The Labute approximate surface area is 253 Å². The molecule has 4 aromatic rings. The zero-order valence-corrected chi connectivity index (χ0v) is 26.0. The number of carbonyl (C=O) groups is 3. The summed E-state index contributed by atoms with van der Waals surface area (Å²) in [6.07, 6.45) is 0.115. The molecule has 4 rings (SSSR count). The maximum Gasteiger partial charge on any atom is 0.306 e. The van der Waals surface area contributed by atoms with Crippen molar-refractivity contribution in [2.75, 3.05) is 35.0 Å². The summed E-state index contributed by atoms with van der Waals surface area (Å²) in [6.45, 7) is 2.03. The van der Waals surface area contributed by atoms with E-state index in [1.54, 1.807) is 45.4 Å². The van der Waals surface area contributed by atoms with Gasteiger partial charge in [-0.3, -0.25) is 14.4 Å². The van der Waals surface area contributed by atoms with Gasteiger partial charge in [0.2, 0.25) is 0 Å². The van der Waals surface area contributed by atoms with Crippen molar-refractivity contribution in [1.82, 2.24) is 0 Å². The molecular weight excluding hydrogens is 623 g/mol. The Morgan fingerprint density at radius 1 is 0.700 bits per heavy atom. The Bertz CT molecular complexity index is 1560. The zero-order valence-electron chi connectivity index (χ0n) is 22.1. The zero-order chi connectivity index (χ0) is 29.6. The predicted octanol–water partition coefficient (Wildman–Crippen LogP) is 8.05. The van der Waals surface area contributed by atoms with Gasteiger partial charge in [-0.2, -0.15) is 0 Å². The number of hydrogen-bond acceptors (Lipinski definition) is 10. The maximum absolute atomic E-state index is 12.3. The quantitative estimate of drug-likeness (QED) is 0.0969. The number of carbonyl (C=O) groups excluding carboxylic acids is 3. The molecule has 0 aliphatic rings. The fraction of sp³-hybridized carbons (Fsp3) is 0.296. The molecule has 2 aromatic carbocycles. The van der Waals surface area contributed by atoms with E-state index in [9.17, 15) is 14.4 Å². The SMILES string of the molecule is CCOC(=O)CCC(=O)c1sc2cc(OC)c(OC)cc2c1Cl.COc1cc2sc(C(=O)Cl)c(Cl)c2cc1OC. The Hall–Kier alpha value is -2.76. The molecule has 8 nitrogen and oxygen atoms in total. The lowest BCUT2D eigenvalue weighted by atomic mass is 10.1. The number of fused-ring (bicyclic) bond motifs is 2. The van der Waals surface area contributed by atoms with Crippen LogP contribution in [0.2, 0.25) is 10.0 Å². The van der Waals surface area contributed by atoms with Crippen LogP contribution in [0.15, 0.2) is 24.3 Å². The van der Waals surface area contributed by atoms with Crippen LogP contribution in [0.25, 0.3) is 20.2 Å². The summed E-state index contributed by atoms with van der Waals surface area (Å²) >= 11 is 20.4. The first-order valence-corrected chi connectivity index (χ1v) is 14.4. The smallest absolute Gasteiger partial charge is 0.306 e. The molecule has 0 atom stereocenters. The van der Waals surface area contributed by atoms with E-state index in [2.05, 4.69) is 0 Å². The lowest BCUT2D eigenvalue weighted by molar-refractivity contribution is -0.143. The largest absolute Gasteiger partial charge is 0.493 e. The molecule has 0 fully saturated rings. The summed E-state index contributed by atoms with van der Waals surface area (Å²) in [5, 5.41) is 1.63. The van der Waals surface area contributed by atoms with Gasteiger partial charge in [0.1, 0.15) is 4.88 Å². The Morgan fingerprint density at radius 2 is 1.12 bits per heavy atom. The van der Waals surface area contributed by atoms with Crippen LogP contribution in [0.3, 0.4) is 0 Å². The Kier molecular flexibility index (Phi) is 11.3. The third kappa shape index (κ3) is 6.92. The van der Waals surface area contributed by atoms with Gasteiger partial charge in [0.15, 0.2) is 28.8 Å². The number of benzene rings is 2. The van der Waals surface area contributed by atoms with Gasteiger partial charge in [0.25, 0.3) is 5.24 Å². The number of esters is 1. The van der Waals surface area contributed by atoms with Crippen LogP contribution in [0, 0.1) is 0 Å². The van der Waals surface area contributed by atoms with Gasteiger partial charge in [-0.05, 0) is 30.7 Å². The van der Waals surface area contributed by atoms with Crippen molar-refractivity contribution in [2.24, 2.45) is 0 Å². The molecule has 214 valence electrons. The van der Waals surface area contributed by atoms with Crippen LogP contribution in [0.1, 0.15) is 39.1 Å². The van der Waals surface area contributed by atoms with E-state index in [0.717, 1.165) is 20.2 Å². The molecule has 0 aliphatic carbocycles. The third-order valence-electron chi connectivity index (χ3n) is 5.56. The fourth-order valence-corrected chi connectivity index (χ4v) is 6.77. The van der Waals surface area contributed by atoms with Crippen LogP contribution < -0.4 is 18.9 Å². The number of rotatable bonds is 10. The molecule has 0 spiro atoms. The molecule has 0 unspecified atom stereocenters. The van der Waals surface area contributed by atoms with Crippen molar-refractivity contribution in [2.45, 2.75) is 19.8 Å². The van der Waals surface area contributed by atoms with Gasteiger partial charge in [-0.15, -0.1) is 22.7 Å². The van der Waals surface area contributed by atoms with Crippen LogP contribution >= 0.6 is 57.5 Å². The van der Waals surface area contributed by atoms with Crippen molar-refractivity contribution in [3.05, 3.63) is 44.1 Å². The van der Waals surface area contributed by atoms with E-state index in [4.69, 9.17) is 58.5 Å².